The van der Waals surface area contributed by atoms with E-state index in [-0.39, 0.29) is 5.75 Å². The zero-order valence-electron chi connectivity index (χ0n) is 7.46. The van der Waals surface area contributed by atoms with E-state index < -0.39 is 0 Å². The van der Waals surface area contributed by atoms with Crippen molar-refractivity contribution in [2.45, 2.75) is 13.8 Å². The van der Waals surface area contributed by atoms with Gasteiger partial charge in [0, 0.05) is 5.56 Å². The van der Waals surface area contributed by atoms with Gasteiger partial charge in [0.25, 0.3) is 0 Å². The van der Waals surface area contributed by atoms with Crippen molar-refractivity contribution in [3.05, 3.63) is 17.2 Å². The predicted octanol–water partition coefficient (Wildman–Crippen LogP) is 2.33. The van der Waals surface area contributed by atoms with E-state index in [9.17, 15) is 5.11 Å². The summed E-state index contributed by atoms with van der Waals surface area (Å²) in [4.78, 5) is 3.79. The molecule has 0 aliphatic heterocycles. The van der Waals surface area contributed by atoms with E-state index in [1.54, 1.807) is 19.9 Å². The molecule has 1 aromatic rings. The number of nitrogen functional groups attached to an aromatic ring is 1. The Labute approximate surface area is 81.9 Å². The van der Waals surface area contributed by atoms with Crippen molar-refractivity contribution in [1.29, 1.82) is 0 Å². The molecule has 1 rings (SSSR count). The van der Waals surface area contributed by atoms with Gasteiger partial charge in [-0.15, -0.1) is 0 Å². The van der Waals surface area contributed by atoms with Crippen LogP contribution in [0.3, 0.4) is 0 Å². The number of aliphatic imine (C=N–C) groups is 1. The maximum Gasteiger partial charge on any atom is 0.123 e. The highest BCUT2D eigenvalue weighted by Gasteiger charge is 2.09. The first kappa shape index (κ1) is 9.71. The minimum atomic E-state index is 0.207. The second-order valence-electron chi connectivity index (χ2n) is 2.81. The Bertz CT molecular complexity index is 395. The summed E-state index contributed by atoms with van der Waals surface area (Å²) in [6.45, 7) is 3.52. The number of aryl methyl sites for hydroxylation is 1. The monoisotopic (exact) mass is 194 g/mol. The Morgan fingerprint density at radius 1 is 1.54 bits per heavy atom. The van der Waals surface area contributed by atoms with E-state index in [4.69, 9.17) is 5.73 Å². The highest BCUT2D eigenvalue weighted by Crippen LogP contribution is 2.35. The first-order valence-corrected chi connectivity index (χ1v) is 4.15. The summed E-state index contributed by atoms with van der Waals surface area (Å²) < 4.78 is 0. The molecule has 13 heavy (non-hydrogen) atoms. The van der Waals surface area contributed by atoms with Gasteiger partial charge >= 0.3 is 0 Å². The SMILES string of the molecule is Cc1cc(N)c(N=C=S)c(C)c1O. The standard InChI is InChI=1S/C9H10N2OS/c1-5-3-7(10)8(11-4-13)6(2)9(5)12/h3,12H,10H2,1-2H3. The maximum absolute atomic E-state index is 9.56. The van der Waals surface area contributed by atoms with Crippen LogP contribution in [0.25, 0.3) is 0 Å². The molecule has 0 saturated carbocycles. The third kappa shape index (κ3) is 1.69. The number of thiocarbonyl (C=S) groups is 1. The number of hydrogen-bond acceptors (Lipinski definition) is 4. The molecule has 0 fully saturated rings. The highest BCUT2D eigenvalue weighted by molar-refractivity contribution is 7.78. The number of anilines is 1. The molecule has 0 atom stereocenters. The summed E-state index contributed by atoms with van der Waals surface area (Å²) >= 11 is 4.48. The molecule has 0 heterocycles. The van der Waals surface area contributed by atoms with Gasteiger partial charge in [-0.3, -0.25) is 0 Å². The topological polar surface area (TPSA) is 58.6 Å². The molecule has 0 aliphatic carbocycles. The predicted molar refractivity (Wildman–Crippen MR) is 56.7 cm³/mol. The van der Waals surface area contributed by atoms with Crippen LogP contribution >= 0.6 is 12.2 Å². The first-order chi connectivity index (χ1) is 6.07. The zero-order valence-corrected chi connectivity index (χ0v) is 8.27. The molecule has 0 aromatic heterocycles. The van der Waals surface area contributed by atoms with Gasteiger partial charge in [-0.25, -0.2) is 0 Å². The summed E-state index contributed by atoms with van der Waals surface area (Å²) in [5.74, 6) is 0.207. The molecular formula is C9H10N2OS. The highest BCUT2D eigenvalue weighted by atomic mass is 32.1. The Morgan fingerprint density at radius 2 is 2.15 bits per heavy atom. The Hall–Kier alpha value is -1.38. The van der Waals surface area contributed by atoms with E-state index in [0.29, 0.717) is 16.9 Å². The fourth-order valence-electron chi connectivity index (χ4n) is 1.19. The number of hydrogen-bond donors (Lipinski definition) is 2. The summed E-state index contributed by atoms with van der Waals surface area (Å²) in [6.07, 6.45) is 0. The van der Waals surface area contributed by atoms with E-state index in [1.165, 1.54) is 0 Å². The fraction of sp³-hybridized carbons (Fsp3) is 0.222. The van der Waals surface area contributed by atoms with Crippen molar-refractivity contribution >= 4 is 28.8 Å². The number of aromatic hydroxyl groups is 1. The summed E-state index contributed by atoms with van der Waals surface area (Å²) in [5.41, 5.74) is 8.06. The van der Waals surface area contributed by atoms with Gasteiger partial charge in [-0.05, 0) is 37.7 Å². The van der Waals surface area contributed by atoms with Gasteiger partial charge in [0.05, 0.1) is 10.8 Å². The van der Waals surface area contributed by atoms with E-state index in [1.807, 2.05) is 0 Å². The lowest BCUT2D eigenvalue weighted by molar-refractivity contribution is 0.467. The Morgan fingerprint density at radius 3 is 2.69 bits per heavy atom. The zero-order chi connectivity index (χ0) is 10.0. The van der Waals surface area contributed by atoms with Crippen LogP contribution in [-0.2, 0) is 0 Å². The van der Waals surface area contributed by atoms with E-state index >= 15 is 0 Å². The smallest absolute Gasteiger partial charge is 0.123 e. The second kappa shape index (κ2) is 3.56. The van der Waals surface area contributed by atoms with E-state index in [0.717, 1.165) is 5.56 Å². The van der Waals surface area contributed by atoms with Crippen LogP contribution in [0.1, 0.15) is 11.1 Å². The van der Waals surface area contributed by atoms with E-state index in [2.05, 4.69) is 22.4 Å². The van der Waals surface area contributed by atoms with Crippen molar-refractivity contribution in [2.24, 2.45) is 4.99 Å². The Balaban J connectivity index is 3.52. The molecule has 0 radical (unpaired) electrons. The largest absolute Gasteiger partial charge is 0.507 e. The van der Waals surface area contributed by atoms with Crippen LogP contribution in [-0.4, -0.2) is 10.3 Å². The Kier molecular flexibility index (Phi) is 2.66. The fourth-order valence-corrected chi connectivity index (χ4v) is 1.28. The number of nitrogens with zero attached hydrogens (tertiary/aromatic N) is 1. The third-order valence-corrected chi connectivity index (χ3v) is 1.98. The molecule has 3 N–H and O–H groups in total. The lowest BCUT2D eigenvalue weighted by atomic mass is 10.1. The lowest BCUT2D eigenvalue weighted by Gasteiger charge is -2.08. The molecule has 0 saturated heterocycles. The second-order valence-corrected chi connectivity index (χ2v) is 2.99. The molecule has 1 aromatic carbocycles. The van der Waals surface area contributed by atoms with Crippen molar-refractivity contribution in [3.8, 4) is 5.75 Å². The van der Waals surface area contributed by atoms with Crippen molar-refractivity contribution in [3.63, 3.8) is 0 Å². The van der Waals surface area contributed by atoms with Gasteiger partial charge in [0.15, 0.2) is 0 Å². The minimum absolute atomic E-state index is 0.207. The molecule has 0 unspecified atom stereocenters. The molecule has 0 amide bonds. The van der Waals surface area contributed by atoms with Gasteiger partial charge < -0.3 is 10.8 Å². The summed E-state index contributed by atoms with van der Waals surface area (Å²) in [5, 5.41) is 11.8. The number of phenols is 1. The summed E-state index contributed by atoms with van der Waals surface area (Å²) in [6, 6.07) is 1.66. The van der Waals surface area contributed by atoms with Gasteiger partial charge in [0.2, 0.25) is 0 Å². The molecular weight excluding hydrogens is 184 g/mol. The normalized spacial score (nSPS) is 9.38. The molecule has 0 spiro atoms. The van der Waals surface area contributed by atoms with Crippen LogP contribution in [0.4, 0.5) is 11.4 Å². The number of nitrogens with two attached hydrogens (primary N) is 1. The van der Waals surface area contributed by atoms with Crippen LogP contribution in [0.5, 0.6) is 5.75 Å². The van der Waals surface area contributed by atoms with Crippen molar-refractivity contribution < 1.29 is 5.11 Å². The minimum Gasteiger partial charge on any atom is -0.507 e. The van der Waals surface area contributed by atoms with Crippen molar-refractivity contribution in [1.82, 2.24) is 0 Å². The summed E-state index contributed by atoms with van der Waals surface area (Å²) in [7, 11) is 0. The number of isothiocyanates is 1. The quantitative estimate of drug-likeness (QED) is 0.312. The number of rotatable bonds is 1. The van der Waals surface area contributed by atoms with Gasteiger partial charge in [-0.2, -0.15) is 4.99 Å². The molecule has 68 valence electrons. The van der Waals surface area contributed by atoms with Gasteiger partial charge in [0.1, 0.15) is 11.4 Å². The third-order valence-electron chi connectivity index (χ3n) is 1.89. The van der Waals surface area contributed by atoms with Crippen molar-refractivity contribution in [2.75, 3.05) is 5.73 Å². The van der Waals surface area contributed by atoms with Crippen LogP contribution < -0.4 is 5.73 Å². The van der Waals surface area contributed by atoms with Crippen LogP contribution in [0.2, 0.25) is 0 Å². The average Bonchev–Trinajstić information content (AvgIpc) is 2.09. The number of phenolic OH excluding ortho intramolecular Hbond substituents is 1. The number of benzene rings is 1. The molecule has 0 aliphatic rings. The molecule has 0 bridgehead atoms. The molecule has 4 heteroatoms. The maximum atomic E-state index is 9.56. The average molecular weight is 194 g/mol. The first-order valence-electron chi connectivity index (χ1n) is 3.74. The van der Waals surface area contributed by atoms with Crippen LogP contribution in [0.15, 0.2) is 11.1 Å². The molecule has 3 nitrogen and oxygen atoms in total. The van der Waals surface area contributed by atoms with Gasteiger partial charge in [-0.1, -0.05) is 0 Å². The van der Waals surface area contributed by atoms with Crippen LogP contribution in [0, 0.1) is 13.8 Å². The lowest BCUT2D eigenvalue weighted by Crippen LogP contribution is -1.90.